The van der Waals surface area contributed by atoms with Crippen LogP contribution in [0, 0.1) is 6.92 Å². The molecule has 0 spiro atoms. The molecule has 2 aliphatic rings. The molecule has 2 saturated heterocycles. The van der Waals surface area contributed by atoms with Gasteiger partial charge in [0, 0.05) is 12.1 Å². The Hall–Kier alpha value is -0.820. The van der Waals surface area contributed by atoms with Crippen molar-refractivity contribution in [3.63, 3.8) is 0 Å². The maximum absolute atomic E-state index is 3.70. The summed E-state index contributed by atoms with van der Waals surface area (Å²) >= 11 is 0. The highest BCUT2D eigenvalue weighted by Crippen LogP contribution is 2.36. The van der Waals surface area contributed by atoms with E-state index in [1.165, 1.54) is 31.2 Å². The van der Waals surface area contributed by atoms with Gasteiger partial charge >= 0.3 is 0 Å². The van der Waals surface area contributed by atoms with E-state index in [-0.39, 0.29) is 0 Å². The lowest BCUT2D eigenvalue weighted by Gasteiger charge is -2.29. The van der Waals surface area contributed by atoms with Crippen LogP contribution in [0.5, 0.6) is 0 Å². The summed E-state index contributed by atoms with van der Waals surface area (Å²) in [6, 6.07) is 10.7. The molecule has 2 aliphatic heterocycles. The van der Waals surface area contributed by atoms with Crippen LogP contribution < -0.4 is 5.32 Å². The van der Waals surface area contributed by atoms with Gasteiger partial charge in [0.1, 0.15) is 0 Å². The summed E-state index contributed by atoms with van der Waals surface area (Å²) in [6.07, 6.45) is 5.49. The molecule has 0 unspecified atom stereocenters. The van der Waals surface area contributed by atoms with Crippen LogP contribution in [-0.4, -0.2) is 12.1 Å². The van der Waals surface area contributed by atoms with Gasteiger partial charge in [-0.3, -0.25) is 0 Å². The molecular formula is C14H19N. The number of aryl methyl sites for hydroxylation is 1. The molecule has 2 fully saturated rings. The number of hydrogen-bond donors (Lipinski definition) is 1. The average Bonchev–Trinajstić information content (AvgIpc) is 2.59. The molecule has 1 heteroatoms. The Morgan fingerprint density at radius 2 is 1.60 bits per heavy atom. The predicted molar refractivity (Wildman–Crippen MR) is 63.1 cm³/mol. The molecule has 2 bridgehead atoms. The van der Waals surface area contributed by atoms with E-state index in [2.05, 4.69) is 36.5 Å². The SMILES string of the molecule is Cc1ccc([C@H]2C[C@H]3CC[C@@H](C2)N3)cc1. The van der Waals surface area contributed by atoms with Gasteiger partial charge in [-0.2, -0.15) is 0 Å². The summed E-state index contributed by atoms with van der Waals surface area (Å²) in [5.41, 5.74) is 2.93. The molecule has 0 saturated carbocycles. The standard InChI is InChI=1S/C14H19N/c1-10-2-4-11(5-3-10)12-8-13-6-7-14(9-12)15-13/h2-5,12-15H,6-9H2,1H3/t12-,13+,14-. The third kappa shape index (κ3) is 1.81. The summed E-state index contributed by atoms with van der Waals surface area (Å²) in [5, 5.41) is 3.70. The van der Waals surface area contributed by atoms with Crippen molar-refractivity contribution < 1.29 is 0 Å². The quantitative estimate of drug-likeness (QED) is 0.736. The highest BCUT2D eigenvalue weighted by atomic mass is 15.0. The Morgan fingerprint density at radius 1 is 1.00 bits per heavy atom. The van der Waals surface area contributed by atoms with Crippen LogP contribution in [0.4, 0.5) is 0 Å². The normalized spacial score (nSPS) is 34.3. The second-order valence-electron chi connectivity index (χ2n) is 5.22. The van der Waals surface area contributed by atoms with Crippen molar-refractivity contribution in [2.75, 3.05) is 0 Å². The van der Waals surface area contributed by atoms with Crippen molar-refractivity contribution in [2.45, 2.75) is 50.6 Å². The van der Waals surface area contributed by atoms with Gasteiger partial charge in [-0.25, -0.2) is 0 Å². The van der Waals surface area contributed by atoms with E-state index in [0.29, 0.717) is 0 Å². The molecule has 15 heavy (non-hydrogen) atoms. The smallest absolute Gasteiger partial charge is 0.00760 e. The van der Waals surface area contributed by atoms with Gasteiger partial charge in [-0.1, -0.05) is 29.8 Å². The molecule has 0 aliphatic carbocycles. The van der Waals surface area contributed by atoms with Crippen LogP contribution in [0.1, 0.15) is 42.7 Å². The highest BCUT2D eigenvalue weighted by molar-refractivity contribution is 5.25. The van der Waals surface area contributed by atoms with Crippen molar-refractivity contribution >= 4 is 0 Å². The predicted octanol–water partition coefficient (Wildman–Crippen LogP) is 2.99. The van der Waals surface area contributed by atoms with Gasteiger partial charge in [-0.05, 0) is 44.1 Å². The molecule has 1 N–H and O–H groups in total. The number of hydrogen-bond acceptors (Lipinski definition) is 1. The lowest BCUT2D eigenvalue weighted by atomic mass is 9.86. The van der Waals surface area contributed by atoms with E-state index in [9.17, 15) is 0 Å². The number of rotatable bonds is 1. The molecule has 1 aromatic rings. The molecule has 0 radical (unpaired) electrons. The van der Waals surface area contributed by atoms with Gasteiger partial charge in [0.15, 0.2) is 0 Å². The van der Waals surface area contributed by atoms with E-state index in [1.54, 1.807) is 5.56 Å². The Labute approximate surface area is 91.9 Å². The number of benzene rings is 1. The molecule has 3 rings (SSSR count). The first kappa shape index (κ1) is 9.41. The molecule has 3 atom stereocenters. The van der Waals surface area contributed by atoms with Crippen LogP contribution in [-0.2, 0) is 0 Å². The lowest BCUT2D eigenvalue weighted by molar-refractivity contribution is 0.363. The average molecular weight is 201 g/mol. The van der Waals surface area contributed by atoms with Crippen molar-refractivity contribution in [3.05, 3.63) is 35.4 Å². The summed E-state index contributed by atoms with van der Waals surface area (Å²) in [7, 11) is 0. The van der Waals surface area contributed by atoms with Crippen LogP contribution in [0.2, 0.25) is 0 Å². The van der Waals surface area contributed by atoms with E-state index in [4.69, 9.17) is 0 Å². The monoisotopic (exact) mass is 201 g/mol. The van der Waals surface area contributed by atoms with Crippen LogP contribution in [0.3, 0.4) is 0 Å². The molecule has 80 valence electrons. The molecule has 1 nitrogen and oxygen atoms in total. The maximum atomic E-state index is 3.70. The zero-order valence-corrected chi connectivity index (χ0v) is 9.37. The van der Waals surface area contributed by atoms with E-state index < -0.39 is 0 Å². The molecule has 0 aromatic heterocycles. The van der Waals surface area contributed by atoms with E-state index in [0.717, 1.165) is 18.0 Å². The van der Waals surface area contributed by atoms with Gasteiger partial charge in [0.25, 0.3) is 0 Å². The Balaban J connectivity index is 1.80. The second-order valence-corrected chi connectivity index (χ2v) is 5.22. The topological polar surface area (TPSA) is 12.0 Å². The maximum Gasteiger partial charge on any atom is 0.00760 e. The third-order valence-electron chi connectivity index (χ3n) is 4.02. The van der Waals surface area contributed by atoms with Gasteiger partial charge in [-0.15, -0.1) is 0 Å². The van der Waals surface area contributed by atoms with Crippen molar-refractivity contribution in [2.24, 2.45) is 0 Å². The summed E-state index contributed by atoms with van der Waals surface area (Å²) in [5.74, 6) is 0.810. The first-order valence-corrected chi connectivity index (χ1v) is 6.14. The fourth-order valence-electron chi connectivity index (χ4n) is 3.17. The van der Waals surface area contributed by atoms with Crippen molar-refractivity contribution in [1.29, 1.82) is 0 Å². The van der Waals surface area contributed by atoms with Crippen molar-refractivity contribution in [1.82, 2.24) is 5.32 Å². The minimum absolute atomic E-state index is 0.801. The summed E-state index contributed by atoms with van der Waals surface area (Å²) in [6.45, 7) is 2.16. The number of piperidine rings is 1. The third-order valence-corrected chi connectivity index (χ3v) is 4.02. The van der Waals surface area contributed by atoms with E-state index >= 15 is 0 Å². The van der Waals surface area contributed by atoms with Crippen LogP contribution in [0.15, 0.2) is 24.3 Å². The molecular weight excluding hydrogens is 182 g/mol. The highest BCUT2D eigenvalue weighted by Gasteiger charge is 2.33. The van der Waals surface area contributed by atoms with Crippen LogP contribution in [0.25, 0.3) is 0 Å². The van der Waals surface area contributed by atoms with Crippen LogP contribution >= 0.6 is 0 Å². The summed E-state index contributed by atoms with van der Waals surface area (Å²) < 4.78 is 0. The minimum atomic E-state index is 0.801. The zero-order chi connectivity index (χ0) is 10.3. The summed E-state index contributed by atoms with van der Waals surface area (Å²) in [4.78, 5) is 0. The Morgan fingerprint density at radius 3 is 2.20 bits per heavy atom. The Kier molecular flexibility index (Phi) is 2.28. The minimum Gasteiger partial charge on any atom is -0.311 e. The molecule has 1 aromatic carbocycles. The fourth-order valence-corrected chi connectivity index (χ4v) is 3.17. The molecule has 0 amide bonds. The van der Waals surface area contributed by atoms with Crippen molar-refractivity contribution in [3.8, 4) is 0 Å². The Bertz CT molecular complexity index is 329. The van der Waals surface area contributed by atoms with Gasteiger partial charge < -0.3 is 5.32 Å². The second kappa shape index (κ2) is 3.64. The van der Waals surface area contributed by atoms with Gasteiger partial charge in [0.2, 0.25) is 0 Å². The largest absolute Gasteiger partial charge is 0.311 e. The lowest BCUT2D eigenvalue weighted by Crippen LogP contribution is -2.37. The van der Waals surface area contributed by atoms with E-state index in [1.807, 2.05) is 0 Å². The molecule has 2 heterocycles. The number of fused-ring (bicyclic) bond motifs is 2. The first-order chi connectivity index (χ1) is 7.31. The first-order valence-electron chi connectivity index (χ1n) is 6.14. The fraction of sp³-hybridized carbons (Fsp3) is 0.571. The van der Waals surface area contributed by atoms with Gasteiger partial charge in [0.05, 0.1) is 0 Å². The number of nitrogens with one attached hydrogen (secondary N) is 1. The zero-order valence-electron chi connectivity index (χ0n) is 9.37.